The van der Waals surface area contributed by atoms with Crippen molar-refractivity contribution in [1.82, 2.24) is 5.32 Å². The van der Waals surface area contributed by atoms with Crippen LogP contribution >= 0.6 is 0 Å². The van der Waals surface area contributed by atoms with Gasteiger partial charge in [0.15, 0.2) is 18.9 Å². The third-order valence-electron chi connectivity index (χ3n) is 18.8. The van der Waals surface area contributed by atoms with E-state index in [-0.39, 0.29) is 18.9 Å². The molecule has 0 aliphatic carbocycles. The molecule has 17 atom stereocenters. The number of hydrogen-bond donors (Lipinski definition) is 12. The Kier molecular flexibility index (Phi) is 49.3. The highest BCUT2D eigenvalue weighted by atomic mass is 16.8. The van der Waals surface area contributed by atoms with Crippen LogP contribution in [0.4, 0.5) is 0 Å². The number of ether oxygens (including phenoxy) is 6. The summed E-state index contributed by atoms with van der Waals surface area (Å²) >= 11 is 0. The predicted molar refractivity (Wildman–Crippen MR) is 351 cm³/mol. The van der Waals surface area contributed by atoms with Crippen LogP contribution in [0.15, 0.2) is 12.2 Å². The lowest BCUT2D eigenvalue weighted by molar-refractivity contribution is -0.379. The molecule has 3 saturated heterocycles. The largest absolute Gasteiger partial charge is 0.394 e. The molecule has 532 valence electrons. The van der Waals surface area contributed by atoms with Gasteiger partial charge in [0.2, 0.25) is 5.91 Å². The number of rotatable bonds is 58. The summed E-state index contributed by atoms with van der Waals surface area (Å²) < 4.78 is 34.1. The van der Waals surface area contributed by atoms with Crippen molar-refractivity contribution >= 4 is 5.91 Å². The minimum absolute atomic E-state index is 0.247. The quantitative estimate of drug-likeness (QED) is 0.0199. The van der Waals surface area contributed by atoms with E-state index in [1.54, 1.807) is 6.08 Å². The van der Waals surface area contributed by atoms with E-state index < -0.39 is 124 Å². The molecule has 0 aromatic heterocycles. The first-order valence-corrected chi connectivity index (χ1v) is 36.9. The van der Waals surface area contributed by atoms with E-state index in [9.17, 15) is 61.0 Å². The van der Waals surface area contributed by atoms with Gasteiger partial charge in [-0.25, -0.2) is 0 Å². The fraction of sp³-hybridized carbons (Fsp3) is 0.958. The number of nitrogens with one attached hydrogen (secondary N) is 1. The number of aliphatic hydroxyl groups is 11. The normalized spacial score (nSPS) is 28.0. The first-order chi connectivity index (χ1) is 43.8. The molecular formula is C71H135NO18. The zero-order valence-electron chi connectivity index (χ0n) is 56.4. The molecule has 1 amide bonds. The molecule has 0 radical (unpaired) electrons. The maximum absolute atomic E-state index is 13.2. The second kappa shape index (κ2) is 53.6. The van der Waals surface area contributed by atoms with Crippen LogP contribution in [0.25, 0.3) is 0 Å². The third-order valence-corrected chi connectivity index (χ3v) is 18.8. The second-order valence-corrected chi connectivity index (χ2v) is 26.8. The Hall–Kier alpha value is -1.47. The van der Waals surface area contributed by atoms with Gasteiger partial charge in [-0.05, 0) is 12.8 Å². The number of amides is 1. The zero-order valence-corrected chi connectivity index (χ0v) is 56.4. The number of aliphatic hydroxyl groups excluding tert-OH is 11. The molecule has 0 saturated carbocycles. The van der Waals surface area contributed by atoms with Crippen molar-refractivity contribution in [2.75, 3.05) is 26.4 Å². The molecule has 0 aromatic rings. The maximum Gasteiger partial charge on any atom is 0.220 e. The van der Waals surface area contributed by atoms with Gasteiger partial charge in [-0.1, -0.05) is 296 Å². The smallest absolute Gasteiger partial charge is 0.220 e. The van der Waals surface area contributed by atoms with Gasteiger partial charge in [0.25, 0.3) is 0 Å². The summed E-state index contributed by atoms with van der Waals surface area (Å²) in [7, 11) is 0. The Labute approximate surface area is 544 Å². The summed E-state index contributed by atoms with van der Waals surface area (Å²) in [6, 6.07) is -0.965. The number of unbranched alkanes of at least 4 members (excludes halogenated alkanes) is 42. The average Bonchev–Trinajstić information content (AvgIpc) is 1.01. The van der Waals surface area contributed by atoms with Crippen LogP contribution in [-0.4, -0.2) is 193 Å². The van der Waals surface area contributed by atoms with Crippen LogP contribution in [0.3, 0.4) is 0 Å². The Morgan fingerprint density at radius 2 is 0.689 bits per heavy atom. The number of hydrogen-bond acceptors (Lipinski definition) is 18. The van der Waals surface area contributed by atoms with Crippen LogP contribution in [0, 0.1) is 0 Å². The third kappa shape index (κ3) is 35.0. The minimum Gasteiger partial charge on any atom is -0.394 e. The molecule has 0 aromatic carbocycles. The SMILES string of the molecule is CCCC/C=C/C(O)C(COC1OC(CO)C(OC2OC(CO)C(OC3OC(CO)C(O)C(O)C3O)C(O)C2O)C(O)C1O)NC(=O)CCCCCCCCCCCCCCCCCCCCCCCCCCCCCCCCCCCCCCCCCCC. The van der Waals surface area contributed by atoms with E-state index in [0.717, 1.165) is 32.1 Å². The fourth-order valence-corrected chi connectivity index (χ4v) is 12.8. The molecular weight excluding hydrogens is 1150 g/mol. The Bertz CT molecular complexity index is 1680. The van der Waals surface area contributed by atoms with Gasteiger partial charge in [-0.15, -0.1) is 0 Å². The summed E-state index contributed by atoms with van der Waals surface area (Å²) in [6.07, 6.45) is 35.2. The number of carbonyl (C=O) groups excluding carboxylic acids is 1. The Balaban J connectivity index is 1.17. The summed E-state index contributed by atoms with van der Waals surface area (Å²) in [5, 5.41) is 119. The number of carbonyl (C=O) groups is 1. The highest BCUT2D eigenvalue weighted by Crippen LogP contribution is 2.33. The van der Waals surface area contributed by atoms with Crippen LogP contribution in [-0.2, 0) is 33.2 Å². The van der Waals surface area contributed by atoms with E-state index in [0.29, 0.717) is 12.8 Å². The molecule has 19 heteroatoms. The second-order valence-electron chi connectivity index (χ2n) is 26.8. The molecule has 90 heavy (non-hydrogen) atoms. The van der Waals surface area contributed by atoms with Gasteiger partial charge in [-0.2, -0.15) is 0 Å². The van der Waals surface area contributed by atoms with Crippen molar-refractivity contribution < 1.29 is 89.4 Å². The summed E-state index contributed by atoms with van der Waals surface area (Å²) in [6.45, 7) is 1.58. The van der Waals surface area contributed by atoms with Crippen molar-refractivity contribution in [2.45, 2.75) is 407 Å². The van der Waals surface area contributed by atoms with E-state index in [1.807, 2.05) is 6.08 Å². The van der Waals surface area contributed by atoms with E-state index in [4.69, 9.17) is 28.4 Å². The standard InChI is InChI=1S/C71H135NO18/c1-3-5-7-9-10-11-12-13-14-15-16-17-18-19-20-21-22-23-24-25-26-27-28-29-30-31-32-33-34-35-36-37-38-39-40-41-42-43-44-45-47-49-59(77)72-54(55(76)48-46-8-6-4-2)53-85-69-65(83)62(80)67(57(51-74)87-69)90-71-66(84)63(81)68(58(52-75)88-71)89-70-64(82)61(79)60(78)56(50-73)86-70/h46,48,54-58,60-71,73-76,78-84H,3-45,47,49-53H2,1-2H3,(H,72,77)/b48-46+. The van der Waals surface area contributed by atoms with Crippen LogP contribution < -0.4 is 5.32 Å². The molecule has 3 fully saturated rings. The first kappa shape index (κ1) is 82.8. The van der Waals surface area contributed by atoms with Crippen molar-refractivity contribution in [3.8, 4) is 0 Å². The highest BCUT2D eigenvalue weighted by molar-refractivity contribution is 5.76. The molecule has 3 heterocycles. The van der Waals surface area contributed by atoms with E-state index in [1.165, 1.54) is 238 Å². The lowest BCUT2D eigenvalue weighted by atomic mass is 9.96. The predicted octanol–water partition coefficient (Wildman–Crippen LogP) is 10.4. The molecule has 12 N–H and O–H groups in total. The lowest BCUT2D eigenvalue weighted by Crippen LogP contribution is -2.66. The first-order valence-electron chi connectivity index (χ1n) is 36.9. The molecule has 0 bridgehead atoms. The van der Waals surface area contributed by atoms with Gasteiger partial charge >= 0.3 is 0 Å². The molecule has 0 spiro atoms. The van der Waals surface area contributed by atoms with Gasteiger partial charge in [0.1, 0.15) is 73.2 Å². The Morgan fingerprint density at radius 1 is 0.389 bits per heavy atom. The van der Waals surface area contributed by atoms with Crippen LogP contribution in [0.5, 0.6) is 0 Å². The number of allylic oxidation sites excluding steroid dienone is 1. The van der Waals surface area contributed by atoms with Crippen LogP contribution in [0.1, 0.15) is 303 Å². The lowest BCUT2D eigenvalue weighted by Gasteiger charge is -2.48. The van der Waals surface area contributed by atoms with Crippen molar-refractivity contribution in [1.29, 1.82) is 0 Å². The fourth-order valence-electron chi connectivity index (χ4n) is 12.8. The minimum atomic E-state index is -1.97. The molecule has 17 unspecified atom stereocenters. The van der Waals surface area contributed by atoms with Crippen molar-refractivity contribution in [2.24, 2.45) is 0 Å². The summed E-state index contributed by atoms with van der Waals surface area (Å²) in [4.78, 5) is 13.2. The molecule has 3 aliphatic rings. The molecule has 3 rings (SSSR count). The Morgan fingerprint density at radius 3 is 1.03 bits per heavy atom. The molecule has 19 nitrogen and oxygen atoms in total. The van der Waals surface area contributed by atoms with E-state index in [2.05, 4.69) is 19.2 Å². The van der Waals surface area contributed by atoms with Gasteiger partial charge < -0.3 is 89.9 Å². The van der Waals surface area contributed by atoms with E-state index >= 15 is 0 Å². The van der Waals surface area contributed by atoms with Crippen molar-refractivity contribution in [3.63, 3.8) is 0 Å². The molecule has 3 aliphatic heterocycles. The highest BCUT2D eigenvalue weighted by Gasteiger charge is 2.53. The van der Waals surface area contributed by atoms with Crippen LogP contribution in [0.2, 0.25) is 0 Å². The zero-order chi connectivity index (χ0) is 65.4. The van der Waals surface area contributed by atoms with Crippen molar-refractivity contribution in [3.05, 3.63) is 12.2 Å². The van der Waals surface area contributed by atoms with Gasteiger partial charge in [0, 0.05) is 6.42 Å². The topological polar surface area (TPSA) is 307 Å². The summed E-state index contributed by atoms with van der Waals surface area (Å²) in [5.74, 6) is -0.279. The monoisotopic (exact) mass is 1290 g/mol. The average molecular weight is 1290 g/mol. The van der Waals surface area contributed by atoms with Gasteiger partial charge in [-0.3, -0.25) is 4.79 Å². The van der Waals surface area contributed by atoms with Gasteiger partial charge in [0.05, 0.1) is 38.6 Å². The summed E-state index contributed by atoms with van der Waals surface area (Å²) in [5.41, 5.74) is 0. The maximum atomic E-state index is 13.2.